The zero-order valence-electron chi connectivity index (χ0n) is 9.36. The number of esters is 1. The molecule has 0 fully saturated rings. The second kappa shape index (κ2) is 8.23. The average molecular weight is 217 g/mol. The second-order valence-corrected chi connectivity index (χ2v) is 3.18. The highest BCUT2D eigenvalue weighted by molar-refractivity contribution is 5.77. The van der Waals surface area contributed by atoms with E-state index in [2.05, 4.69) is 4.74 Å². The molecular weight excluding hydrogens is 198 g/mol. The third kappa shape index (κ3) is 6.06. The van der Waals surface area contributed by atoms with Crippen LogP contribution in [0.2, 0.25) is 0 Å². The summed E-state index contributed by atoms with van der Waals surface area (Å²) in [7, 11) is 1.31. The molecule has 0 aliphatic heterocycles. The molecule has 0 spiro atoms. The van der Waals surface area contributed by atoms with Crippen molar-refractivity contribution in [2.45, 2.75) is 26.2 Å². The van der Waals surface area contributed by atoms with Crippen molar-refractivity contribution < 1.29 is 19.4 Å². The molecule has 0 saturated heterocycles. The maximum Gasteiger partial charge on any atom is 0.307 e. The summed E-state index contributed by atoms with van der Waals surface area (Å²) in [5.41, 5.74) is 0. The third-order valence-electron chi connectivity index (χ3n) is 2.00. The highest BCUT2D eigenvalue weighted by Crippen LogP contribution is 1.99. The molecule has 0 aliphatic rings. The van der Waals surface area contributed by atoms with E-state index in [9.17, 15) is 9.59 Å². The Morgan fingerprint density at radius 1 is 1.27 bits per heavy atom. The van der Waals surface area contributed by atoms with E-state index in [0.29, 0.717) is 13.0 Å². The number of amides is 1. The molecule has 0 aromatic carbocycles. The largest absolute Gasteiger partial charge is 0.469 e. The summed E-state index contributed by atoms with van der Waals surface area (Å²) in [4.78, 5) is 23.9. The van der Waals surface area contributed by atoms with Crippen LogP contribution >= 0.6 is 0 Å². The molecule has 88 valence electrons. The van der Waals surface area contributed by atoms with Crippen LogP contribution < -0.4 is 0 Å². The monoisotopic (exact) mass is 217 g/mol. The van der Waals surface area contributed by atoms with Crippen LogP contribution in [0.15, 0.2) is 0 Å². The fourth-order valence-corrected chi connectivity index (χ4v) is 1.18. The average Bonchev–Trinajstić information content (AvgIpc) is 2.23. The summed E-state index contributed by atoms with van der Waals surface area (Å²) in [6, 6.07) is 0. The summed E-state index contributed by atoms with van der Waals surface area (Å²) in [5.74, 6) is -0.377. The molecule has 0 saturated carbocycles. The van der Waals surface area contributed by atoms with E-state index >= 15 is 0 Å². The molecule has 0 aliphatic carbocycles. The summed E-state index contributed by atoms with van der Waals surface area (Å²) in [6.07, 6.45) is 1.38. The number of hydrogen-bond acceptors (Lipinski definition) is 4. The Morgan fingerprint density at radius 3 is 2.40 bits per heavy atom. The van der Waals surface area contributed by atoms with Crippen molar-refractivity contribution in [1.82, 2.24) is 4.90 Å². The minimum Gasteiger partial charge on any atom is -0.469 e. The third-order valence-corrected chi connectivity index (χ3v) is 2.00. The molecular formula is C10H19NO4. The number of nitrogens with zero attached hydrogens (tertiary/aromatic N) is 1. The maximum atomic E-state index is 11.5. The van der Waals surface area contributed by atoms with Crippen molar-refractivity contribution >= 4 is 11.9 Å². The van der Waals surface area contributed by atoms with E-state index in [-0.39, 0.29) is 31.4 Å². The van der Waals surface area contributed by atoms with Gasteiger partial charge < -0.3 is 14.7 Å². The van der Waals surface area contributed by atoms with Gasteiger partial charge in [-0.3, -0.25) is 9.59 Å². The van der Waals surface area contributed by atoms with Gasteiger partial charge in [0.1, 0.15) is 0 Å². The summed E-state index contributed by atoms with van der Waals surface area (Å²) in [6.45, 7) is 2.41. The first kappa shape index (κ1) is 13.9. The van der Waals surface area contributed by atoms with Gasteiger partial charge in [0.2, 0.25) is 5.91 Å². The van der Waals surface area contributed by atoms with Crippen molar-refractivity contribution in [3.63, 3.8) is 0 Å². The lowest BCUT2D eigenvalue weighted by molar-refractivity contribution is -0.141. The Balaban J connectivity index is 4.02. The topological polar surface area (TPSA) is 66.8 Å². The van der Waals surface area contributed by atoms with Gasteiger partial charge in [-0.1, -0.05) is 6.92 Å². The van der Waals surface area contributed by atoms with Crippen LogP contribution in [0.4, 0.5) is 0 Å². The molecule has 0 unspecified atom stereocenters. The van der Waals surface area contributed by atoms with E-state index < -0.39 is 0 Å². The SMILES string of the molecule is CCCC(=O)N(CCO)CCC(=O)OC. The van der Waals surface area contributed by atoms with Crippen molar-refractivity contribution in [2.24, 2.45) is 0 Å². The van der Waals surface area contributed by atoms with Crippen LogP contribution in [0.5, 0.6) is 0 Å². The van der Waals surface area contributed by atoms with E-state index in [4.69, 9.17) is 5.11 Å². The predicted molar refractivity (Wildman–Crippen MR) is 55.2 cm³/mol. The van der Waals surface area contributed by atoms with E-state index in [0.717, 1.165) is 6.42 Å². The first-order valence-electron chi connectivity index (χ1n) is 5.11. The standard InChI is InChI=1S/C10H19NO4/c1-3-4-9(13)11(7-8-12)6-5-10(14)15-2/h12H,3-8H2,1-2H3. The smallest absolute Gasteiger partial charge is 0.307 e. The van der Waals surface area contributed by atoms with Crippen molar-refractivity contribution in [3.8, 4) is 0 Å². The Labute approximate surface area is 90.0 Å². The highest BCUT2D eigenvalue weighted by atomic mass is 16.5. The fraction of sp³-hybridized carbons (Fsp3) is 0.800. The summed E-state index contributed by atoms with van der Waals surface area (Å²) in [5, 5.41) is 8.77. The number of aliphatic hydroxyl groups excluding tert-OH is 1. The normalized spacial score (nSPS) is 9.80. The fourth-order valence-electron chi connectivity index (χ4n) is 1.18. The molecule has 1 amide bonds. The lowest BCUT2D eigenvalue weighted by Gasteiger charge is -2.20. The quantitative estimate of drug-likeness (QED) is 0.617. The van der Waals surface area contributed by atoms with Gasteiger partial charge >= 0.3 is 5.97 Å². The van der Waals surface area contributed by atoms with Gasteiger partial charge in [0.15, 0.2) is 0 Å². The number of methoxy groups -OCH3 is 1. The number of hydrogen-bond donors (Lipinski definition) is 1. The van der Waals surface area contributed by atoms with Gasteiger partial charge in [-0.25, -0.2) is 0 Å². The van der Waals surface area contributed by atoms with Gasteiger partial charge in [-0.05, 0) is 6.42 Å². The van der Waals surface area contributed by atoms with Crippen LogP contribution in [-0.4, -0.2) is 48.7 Å². The van der Waals surface area contributed by atoms with Crippen molar-refractivity contribution in [1.29, 1.82) is 0 Å². The van der Waals surface area contributed by atoms with Gasteiger partial charge in [-0.2, -0.15) is 0 Å². The minimum absolute atomic E-state index is 0.0320. The molecule has 0 aromatic rings. The van der Waals surface area contributed by atoms with Gasteiger partial charge in [-0.15, -0.1) is 0 Å². The Hall–Kier alpha value is -1.10. The maximum absolute atomic E-state index is 11.5. The molecule has 0 rings (SSSR count). The minimum atomic E-state index is -0.345. The lowest BCUT2D eigenvalue weighted by atomic mass is 10.3. The lowest BCUT2D eigenvalue weighted by Crippen LogP contribution is -2.35. The molecule has 5 heteroatoms. The van der Waals surface area contributed by atoms with E-state index in [1.165, 1.54) is 12.0 Å². The second-order valence-electron chi connectivity index (χ2n) is 3.18. The Kier molecular flexibility index (Phi) is 7.62. The molecule has 0 radical (unpaired) electrons. The molecule has 1 N–H and O–H groups in total. The summed E-state index contributed by atoms with van der Waals surface area (Å²) < 4.78 is 4.48. The van der Waals surface area contributed by atoms with Gasteiger partial charge in [0.25, 0.3) is 0 Å². The van der Waals surface area contributed by atoms with Crippen molar-refractivity contribution in [2.75, 3.05) is 26.8 Å². The molecule has 0 aromatic heterocycles. The van der Waals surface area contributed by atoms with E-state index in [1.54, 1.807) is 0 Å². The molecule has 0 heterocycles. The Bertz CT molecular complexity index is 206. The zero-order valence-corrected chi connectivity index (χ0v) is 9.36. The van der Waals surface area contributed by atoms with Crippen LogP contribution in [0, 0.1) is 0 Å². The number of ether oxygens (including phenoxy) is 1. The highest BCUT2D eigenvalue weighted by Gasteiger charge is 2.13. The first-order chi connectivity index (χ1) is 7.15. The number of carbonyl (C=O) groups is 2. The summed E-state index contributed by atoms with van der Waals surface area (Å²) >= 11 is 0. The molecule has 0 bridgehead atoms. The van der Waals surface area contributed by atoms with Crippen LogP contribution in [-0.2, 0) is 14.3 Å². The molecule has 15 heavy (non-hydrogen) atoms. The van der Waals surface area contributed by atoms with Gasteiger partial charge in [0, 0.05) is 19.5 Å². The Morgan fingerprint density at radius 2 is 1.93 bits per heavy atom. The van der Waals surface area contributed by atoms with Crippen LogP contribution in [0.25, 0.3) is 0 Å². The van der Waals surface area contributed by atoms with Crippen LogP contribution in [0.1, 0.15) is 26.2 Å². The number of carbonyl (C=O) groups excluding carboxylic acids is 2. The first-order valence-corrected chi connectivity index (χ1v) is 5.11. The predicted octanol–water partition coefficient (Wildman–Crippen LogP) is 0.170. The van der Waals surface area contributed by atoms with E-state index in [1.807, 2.05) is 6.92 Å². The number of rotatable bonds is 7. The zero-order chi connectivity index (χ0) is 11.7. The number of aliphatic hydroxyl groups is 1. The van der Waals surface area contributed by atoms with Gasteiger partial charge in [0.05, 0.1) is 20.1 Å². The van der Waals surface area contributed by atoms with Crippen molar-refractivity contribution in [3.05, 3.63) is 0 Å². The van der Waals surface area contributed by atoms with Crippen LogP contribution in [0.3, 0.4) is 0 Å². The molecule has 5 nitrogen and oxygen atoms in total. The molecule has 0 atom stereocenters.